The number of Topliss-reactive ketones (excluding diaryl/α,β-unsaturated/α-hetero) is 2. The lowest BCUT2D eigenvalue weighted by Gasteiger charge is -2.27. The van der Waals surface area contributed by atoms with Crippen LogP contribution in [0.5, 0.6) is 5.75 Å². The fourth-order valence-electron chi connectivity index (χ4n) is 4.54. The molecule has 2 aromatic rings. The third-order valence-corrected chi connectivity index (χ3v) is 8.03. The van der Waals surface area contributed by atoms with Crippen LogP contribution in [0.25, 0.3) is 0 Å². The Morgan fingerprint density at radius 1 is 0.933 bits per heavy atom. The molecule has 0 fully saturated rings. The standard InChI is InChI=1S/C33H41F3N2O6S/c1-31(2,3)28(40)11-9-7-8-10-26(39)22-14-17-27-25(18-22)38(19-21-12-15-23(16-13-21)43-33(34,35)36)29(41)24(20-45-27)37-30(42)44-32(4,5)6/h12-18,24H,7-11,19-20H2,1-6H3,(H,37,42)/t24-/m0/s1. The minimum absolute atomic E-state index is 0.0371. The minimum atomic E-state index is -4.84. The van der Waals surface area contributed by atoms with E-state index in [0.29, 0.717) is 41.0 Å². The number of anilines is 1. The number of thioether (sulfide) groups is 1. The van der Waals surface area contributed by atoms with Gasteiger partial charge < -0.3 is 19.7 Å². The van der Waals surface area contributed by atoms with E-state index in [-0.39, 0.29) is 35.7 Å². The number of nitrogens with zero attached hydrogens (tertiary/aromatic N) is 1. The Kier molecular flexibility index (Phi) is 11.7. The Morgan fingerprint density at radius 2 is 1.58 bits per heavy atom. The van der Waals surface area contributed by atoms with Gasteiger partial charge in [-0.15, -0.1) is 24.9 Å². The number of unbranched alkanes of at least 4 members (excludes halogenated alkanes) is 2. The zero-order chi connectivity index (χ0) is 33.6. The number of rotatable bonds is 11. The van der Waals surface area contributed by atoms with Crippen LogP contribution >= 0.6 is 11.8 Å². The van der Waals surface area contributed by atoms with Crippen LogP contribution < -0.4 is 15.0 Å². The van der Waals surface area contributed by atoms with E-state index in [1.807, 2.05) is 20.8 Å². The maximum atomic E-state index is 13.9. The van der Waals surface area contributed by atoms with E-state index in [1.165, 1.54) is 28.8 Å². The number of alkyl carbamates (subject to hydrolysis) is 1. The summed E-state index contributed by atoms with van der Waals surface area (Å²) in [5, 5.41) is 2.64. The molecule has 0 radical (unpaired) electrons. The quantitative estimate of drug-likeness (QED) is 0.195. The number of amides is 2. The Hall–Kier alpha value is -3.54. The predicted molar refractivity (Wildman–Crippen MR) is 167 cm³/mol. The summed E-state index contributed by atoms with van der Waals surface area (Å²) in [5.74, 6) is -0.594. The lowest BCUT2D eigenvalue weighted by Crippen LogP contribution is -2.50. The Bertz CT molecular complexity index is 1380. The van der Waals surface area contributed by atoms with Crippen LogP contribution in [0.15, 0.2) is 47.4 Å². The van der Waals surface area contributed by atoms with Crippen molar-refractivity contribution in [3.05, 3.63) is 53.6 Å². The average Bonchev–Trinajstić information content (AvgIpc) is 3.03. The van der Waals surface area contributed by atoms with Gasteiger partial charge in [-0.05, 0) is 63.4 Å². The molecule has 1 heterocycles. The van der Waals surface area contributed by atoms with Gasteiger partial charge in [-0.25, -0.2) is 4.79 Å². The molecule has 2 aromatic carbocycles. The molecule has 246 valence electrons. The van der Waals surface area contributed by atoms with Crippen LogP contribution in [0, 0.1) is 5.41 Å². The maximum Gasteiger partial charge on any atom is 0.573 e. The molecule has 0 spiro atoms. The summed E-state index contributed by atoms with van der Waals surface area (Å²) in [6, 6.07) is 9.28. The summed E-state index contributed by atoms with van der Waals surface area (Å²) in [7, 11) is 0. The van der Waals surface area contributed by atoms with Gasteiger partial charge in [-0.1, -0.05) is 45.4 Å². The Morgan fingerprint density at radius 3 is 2.18 bits per heavy atom. The summed E-state index contributed by atoms with van der Waals surface area (Å²) >= 11 is 1.33. The molecule has 1 atom stereocenters. The largest absolute Gasteiger partial charge is 0.573 e. The van der Waals surface area contributed by atoms with Gasteiger partial charge in [-0.2, -0.15) is 0 Å². The van der Waals surface area contributed by atoms with Crippen molar-refractivity contribution in [2.24, 2.45) is 5.41 Å². The summed E-state index contributed by atoms with van der Waals surface area (Å²) in [5.41, 5.74) is 0.194. The number of benzene rings is 2. The molecule has 1 aliphatic heterocycles. The lowest BCUT2D eigenvalue weighted by atomic mass is 9.87. The van der Waals surface area contributed by atoms with E-state index in [2.05, 4.69) is 10.1 Å². The Labute approximate surface area is 266 Å². The molecule has 2 amide bonds. The number of fused-ring (bicyclic) bond motifs is 1. The second-order valence-electron chi connectivity index (χ2n) is 13.0. The average molecular weight is 651 g/mol. The molecule has 45 heavy (non-hydrogen) atoms. The highest BCUT2D eigenvalue weighted by molar-refractivity contribution is 7.99. The van der Waals surface area contributed by atoms with Crippen molar-refractivity contribution in [3.63, 3.8) is 0 Å². The van der Waals surface area contributed by atoms with Crippen LogP contribution in [0.2, 0.25) is 0 Å². The number of halogens is 3. The van der Waals surface area contributed by atoms with E-state index in [4.69, 9.17) is 4.74 Å². The number of carbonyl (C=O) groups is 4. The van der Waals surface area contributed by atoms with Gasteiger partial charge in [0.15, 0.2) is 5.78 Å². The second-order valence-corrected chi connectivity index (χ2v) is 14.0. The first-order valence-electron chi connectivity index (χ1n) is 14.8. The van der Waals surface area contributed by atoms with E-state index < -0.39 is 35.8 Å². The van der Waals surface area contributed by atoms with Gasteiger partial charge in [0.05, 0.1) is 12.2 Å². The summed E-state index contributed by atoms with van der Waals surface area (Å²) in [4.78, 5) is 53.9. The van der Waals surface area contributed by atoms with E-state index >= 15 is 0 Å². The molecule has 0 saturated carbocycles. The second kappa shape index (κ2) is 14.7. The van der Waals surface area contributed by atoms with Gasteiger partial charge in [0.2, 0.25) is 0 Å². The molecule has 0 aliphatic carbocycles. The van der Waals surface area contributed by atoms with Crippen molar-refractivity contribution in [3.8, 4) is 5.75 Å². The smallest absolute Gasteiger partial charge is 0.444 e. The lowest BCUT2D eigenvalue weighted by molar-refractivity contribution is -0.274. The first-order valence-corrected chi connectivity index (χ1v) is 15.8. The highest BCUT2D eigenvalue weighted by Gasteiger charge is 2.34. The van der Waals surface area contributed by atoms with Crippen molar-refractivity contribution in [2.45, 2.75) is 103 Å². The number of hydrogen-bond donors (Lipinski definition) is 1. The summed E-state index contributed by atoms with van der Waals surface area (Å²) in [6.45, 7) is 10.7. The van der Waals surface area contributed by atoms with Crippen LogP contribution in [-0.4, -0.2) is 47.3 Å². The highest BCUT2D eigenvalue weighted by Crippen LogP contribution is 2.37. The summed E-state index contributed by atoms with van der Waals surface area (Å²) < 4.78 is 47.3. The maximum absolute atomic E-state index is 13.9. The molecule has 8 nitrogen and oxygen atoms in total. The fourth-order valence-corrected chi connectivity index (χ4v) is 5.59. The molecule has 1 N–H and O–H groups in total. The molecule has 0 bridgehead atoms. The van der Waals surface area contributed by atoms with Crippen molar-refractivity contribution >= 4 is 41.0 Å². The topological polar surface area (TPSA) is 102 Å². The SMILES string of the molecule is CC(C)(C)OC(=O)N[C@H]1CSc2ccc(C(=O)CCCCCC(=O)C(C)(C)C)cc2N(Cc2ccc(OC(F)(F)F)cc2)C1=O. The molecule has 0 unspecified atom stereocenters. The number of hydrogen-bond acceptors (Lipinski definition) is 7. The van der Waals surface area contributed by atoms with Gasteiger partial charge in [0, 0.05) is 34.5 Å². The molecule has 3 rings (SSSR count). The van der Waals surface area contributed by atoms with Gasteiger partial charge in [-0.3, -0.25) is 14.4 Å². The molecule has 12 heteroatoms. The normalized spacial score (nSPS) is 15.6. The van der Waals surface area contributed by atoms with Gasteiger partial charge in [0.25, 0.3) is 5.91 Å². The number of carbonyl (C=O) groups excluding carboxylic acids is 4. The van der Waals surface area contributed by atoms with E-state index in [9.17, 15) is 32.3 Å². The third-order valence-electron chi connectivity index (χ3n) is 6.87. The van der Waals surface area contributed by atoms with Crippen molar-refractivity contribution in [1.82, 2.24) is 5.32 Å². The van der Waals surface area contributed by atoms with Gasteiger partial charge >= 0.3 is 12.5 Å². The number of nitrogens with one attached hydrogen (secondary N) is 1. The number of ether oxygens (including phenoxy) is 2. The zero-order valence-corrected chi connectivity index (χ0v) is 27.3. The van der Waals surface area contributed by atoms with Crippen LogP contribution in [0.3, 0.4) is 0 Å². The van der Waals surface area contributed by atoms with E-state index in [0.717, 1.165) is 18.6 Å². The molecule has 0 saturated heterocycles. The highest BCUT2D eigenvalue weighted by atomic mass is 32.2. The monoisotopic (exact) mass is 650 g/mol. The van der Waals surface area contributed by atoms with E-state index in [1.54, 1.807) is 39.0 Å². The number of alkyl halides is 3. The zero-order valence-electron chi connectivity index (χ0n) is 26.5. The summed E-state index contributed by atoms with van der Waals surface area (Å²) in [6.07, 6.45) is -2.83. The van der Waals surface area contributed by atoms with Gasteiger partial charge in [0.1, 0.15) is 23.2 Å². The van der Waals surface area contributed by atoms with Crippen LogP contribution in [0.4, 0.5) is 23.7 Å². The number of ketones is 2. The molecular weight excluding hydrogens is 609 g/mol. The predicted octanol–water partition coefficient (Wildman–Crippen LogP) is 7.87. The van der Waals surface area contributed by atoms with Crippen LogP contribution in [-0.2, 0) is 20.9 Å². The minimum Gasteiger partial charge on any atom is -0.444 e. The first kappa shape index (κ1) is 35.9. The van der Waals surface area contributed by atoms with Crippen molar-refractivity contribution < 1.29 is 41.8 Å². The molecule has 1 aliphatic rings. The molecule has 0 aromatic heterocycles. The van der Waals surface area contributed by atoms with Crippen molar-refractivity contribution in [2.75, 3.05) is 10.7 Å². The van der Waals surface area contributed by atoms with Crippen LogP contribution in [0.1, 0.15) is 89.6 Å². The van der Waals surface area contributed by atoms with Crippen molar-refractivity contribution in [1.29, 1.82) is 0 Å². The molecular formula is C33H41F3N2O6S. The third kappa shape index (κ3) is 11.4. The fraction of sp³-hybridized carbons (Fsp3) is 0.515. The Balaban J connectivity index is 1.82. The first-order chi connectivity index (χ1) is 20.8.